The maximum absolute atomic E-state index is 14.0. The molecule has 2 saturated heterocycles. The molecule has 4 aliphatic rings. The molecule has 3 amide bonds. The van der Waals surface area contributed by atoms with Gasteiger partial charge < -0.3 is 19.8 Å². The fourth-order valence-corrected chi connectivity index (χ4v) is 7.61. The molecule has 8 heteroatoms. The molecule has 0 aromatic heterocycles. The number of amides is 3. The first kappa shape index (κ1) is 22.4. The number of carbonyl (C=O) groups excluding carboxylic acids is 3. The van der Waals surface area contributed by atoms with Gasteiger partial charge in [-0.25, -0.2) is 0 Å². The first-order chi connectivity index (χ1) is 14.6. The van der Waals surface area contributed by atoms with Gasteiger partial charge in [0, 0.05) is 30.9 Å². The Labute approximate surface area is 188 Å². The molecule has 31 heavy (non-hydrogen) atoms. The first-order valence-corrected chi connectivity index (χ1v) is 12.0. The highest BCUT2D eigenvalue weighted by molar-refractivity contribution is 8.02. The summed E-state index contributed by atoms with van der Waals surface area (Å²) < 4.78 is -0.815. The standard InChI is InChI=1S/C23H33N3O4S/c1-6-14(13-27)26-18-21(30)25(22(2,3)4)12-8-10-23(18)17(20(26)29)16-15(31-23)9-7-11-24(5)19(16)28/h7-10,14-18,27H,6,11-13H2,1-5H3/t14-,15-,16+,17-,18?,23-/m0/s1. The Kier molecular flexibility index (Phi) is 5.53. The van der Waals surface area contributed by atoms with Crippen molar-refractivity contribution in [3.8, 4) is 0 Å². The zero-order valence-corrected chi connectivity index (χ0v) is 19.8. The maximum atomic E-state index is 14.0. The van der Waals surface area contributed by atoms with E-state index < -0.39 is 34.2 Å². The molecule has 0 bridgehead atoms. The summed E-state index contributed by atoms with van der Waals surface area (Å²) in [4.78, 5) is 46.4. The number of hydrogen-bond acceptors (Lipinski definition) is 5. The van der Waals surface area contributed by atoms with Gasteiger partial charge in [-0.1, -0.05) is 31.2 Å². The minimum absolute atomic E-state index is 0.0480. The molecule has 1 spiro atoms. The third kappa shape index (κ3) is 3.17. The molecule has 4 rings (SSSR count). The van der Waals surface area contributed by atoms with E-state index in [1.54, 1.807) is 28.6 Å². The van der Waals surface area contributed by atoms with Crippen LogP contribution in [0.3, 0.4) is 0 Å². The summed E-state index contributed by atoms with van der Waals surface area (Å²) in [5, 5.41) is 9.93. The van der Waals surface area contributed by atoms with Crippen molar-refractivity contribution in [3.05, 3.63) is 24.3 Å². The molecule has 1 N–H and O–H groups in total. The second-order valence-electron chi connectivity index (χ2n) is 10.0. The summed E-state index contributed by atoms with van der Waals surface area (Å²) in [6.07, 6.45) is 8.57. The SMILES string of the molecule is CC[C@@H](CO)N1C(=O)[C@@H]2[C@@H]3C(=O)N(C)CC=C[C@@H]3S[C@@]23C=CCN(C(C)(C)C)C(=O)C13. The molecule has 0 radical (unpaired) electrons. The second kappa shape index (κ2) is 7.66. The van der Waals surface area contributed by atoms with E-state index in [-0.39, 0.29) is 29.6 Å². The van der Waals surface area contributed by atoms with Crippen LogP contribution in [0.15, 0.2) is 24.3 Å². The van der Waals surface area contributed by atoms with Crippen LogP contribution in [0.25, 0.3) is 0 Å². The normalized spacial score (nSPS) is 36.3. The quantitative estimate of drug-likeness (QED) is 0.660. The van der Waals surface area contributed by atoms with Gasteiger partial charge >= 0.3 is 0 Å². The van der Waals surface area contributed by atoms with Crippen molar-refractivity contribution in [1.29, 1.82) is 0 Å². The van der Waals surface area contributed by atoms with Crippen LogP contribution in [0, 0.1) is 11.8 Å². The van der Waals surface area contributed by atoms with Gasteiger partial charge in [0.25, 0.3) is 0 Å². The van der Waals surface area contributed by atoms with Crippen molar-refractivity contribution in [2.75, 3.05) is 26.7 Å². The van der Waals surface area contributed by atoms with Gasteiger partial charge in [-0.15, -0.1) is 11.8 Å². The van der Waals surface area contributed by atoms with Crippen LogP contribution in [-0.2, 0) is 14.4 Å². The Hall–Kier alpha value is -1.80. The summed E-state index contributed by atoms with van der Waals surface area (Å²) in [6.45, 7) is 8.67. The lowest BCUT2D eigenvalue weighted by Gasteiger charge is -2.42. The lowest BCUT2D eigenvalue weighted by atomic mass is 9.78. The Morgan fingerprint density at radius 1 is 1.16 bits per heavy atom. The Balaban J connectivity index is 1.89. The zero-order chi connectivity index (χ0) is 22.7. The van der Waals surface area contributed by atoms with Crippen LogP contribution < -0.4 is 0 Å². The van der Waals surface area contributed by atoms with E-state index in [0.717, 1.165) is 0 Å². The van der Waals surface area contributed by atoms with E-state index in [4.69, 9.17) is 0 Å². The molecule has 1 unspecified atom stereocenters. The third-order valence-electron chi connectivity index (χ3n) is 7.18. The summed E-state index contributed by atoms with van der Waals surface area (Å²) in [6, 6.07) is -1.19. The number of hydrogen-bond donors (Lipinski definition) is 1. The van der Waals surface area contributed by atoms with Crippen LogP contribution in [-0.4, -0.2) is 91.9 Å². The van der Waals surface area contributed by atoms with Crippen LogP contribution in [0.5, 0.6) is 0 Å². The number of aliphatic hydroxyl groups excluding tert-OH is 1. The molecule has 2 fully saturated rings. The van der Waals surface area contributed by atoms with E-state index in [9.17, 15) is 19.5 Å². The van der Waals surface area contributed by atoms with E-state index >= 15 is 0 Å². The van der Waals surface area contributed by atoms with Crippen LogP contribution in [0.4, 0.5) is 0 Å². The first-order valence-electron chi connectivity index (χ1n) is 11.1. The van der Waals surface area contributed by atoms with Gasteiger partial charge in [0.1, 0.15) is 6.04 Å². The van der Waals surface area contributed by atoms with E-state index in [1.807, 2.05) is 56.9 Å². The van der Waals surface area contributed by atoms with Crippen LogP contribution >= 0.6 is 11.8 Å². The van der Waals surface area contributed by atoms with E-state index in [2.05, 4.69) is 0 Å². The monoisotopic (exact) mass is 447 g/mol. The molecule has 0 aromatic carbocycles. The number of fused-ring (bicyclic) bond motifs is 2. The smallest absolute Gasteiger partial charge is 0.247 e. The number of thioether (sulfide) groups is 1. The summed E-state index contributed by atoms with van der Waals surface area (Å²) in [5.74, 6) is -1.46. The predicted octanol–water partition coefficient (Wildman–Crippen LogP) is 1.28. The summed E-state index contributed by atoms with van der Waals surface area (Å²) in [7, 11) is 1.76. The summed E-state index contributed by atoms with van der Waals surface area (Å²) >= 11 is 1.58. The van der Waals surface area contributed by atoms with Gasteiger partial charge in [0.15, 0.2) is 0 Å². The van der Waals surface area contributed by atoms with Crippen molar-refractivity contribution in [1.82, 2.24) is 14.7 Å². The largest absolute Gasteiger partial charge is 0.394 e. The average Bonchev–Trinajstić information content (AvgIpc) is 3.02. The minimum Gasteiger partial charge on any atom is -0.394 e. The Bertz CT molecular complexity index is 846. The molecule has 0 saturated carbocycles. The molecule has 6 atom stereocenters. The fraction of sp³-hybridized carbons (Fsp3) is 0.696. The van der Waals surface area contributed by atoms with Crippen molar-refractivity contribution in [3.63, 3.8) is 0 Å². The predicted molar refractivity (Wildman–Crippen MR) is 120 cm³/mol. The van der Waals surface area contributed by atoms with Crippen molar-refractivity contribution >= 4 is 29.5 Å². The molecule has 0 aromatic rings. The minimum atomic E-state index is -0.815. The highest BCUT2D eigenvalue weighted by atomic mass is 32.2. The number of rotatable bonds is 3. The van der Waals surface area contributed by atoms with Gasteiger partial charge in [-0.2, -0.15) is 0 Å². The highest BCUT2D eigenvalue weighted by Gasteiger charge is 2.71. The molecule has 170 valence electrons. The maximum Gasteiger partial charge on any atom is 0.247 e. The Morgan fingerprint density at radius 2 is 1.87 bits per heavy atom. The number of likely N-dealkylation sites (N-methyl/N-ethyl adjacent to an activating group) is 1. The Morgan fingerprint density at radius 3 is 2.48 bits per heavy atom. The molecule has 7 nitrogen and oxygen atoms in total. The van der Waals surface area contributed by atoms with Crippen LogP contribution in [0.2, 0.25) is 0 Å². The number of likely N-dealkylation sites (tertiary alicyclic amines) is 1. The second-order valence-corrected chi connectivity index (χ2v) is 11.5. The van der Waals surface area contributed by atoms with Gasteiger partial charge in [-0.05, 0) is 27.2 Å². The van der Waals surface area contributed by atoms with Crippen molar-refractivity contribution in [2.45, 2.75) is 61.7 Å². The van der Waals surface area contributed by atoms with Gasteiger partial charge in [0.2, 0.25) is 17.7 Å². The lowest BCUT2D eigenvalue weighted by molar-refractivity contribution is -0.148. The molecule has 4 heterocycles. The molecular formula is C23H33N3O4S. The van der Waals surface area contributed by atoms with Crippen molar-refractivity contribution in [2.24, 2.45) is 11.8 Å². The molecule has 4 aliphatic heterocycles. The van der Waals surface area contributed by atoms with Gasteiger partial charge in [0.05, 0.1) is 29.2 Å². The highest BCUT2D eigenvalue weighted by Crippen LogP contribution is 2.61. The van der Waals surface area contributed by atoms with Gasteiger partial charge in [-0.3, -0.25) is 14.4 Å². The van der Waals surface area contributed by atoms with E-state index in [1.165, 1.54) is 0 Å². The van der Waals surface area contributed by atoms with Crippen LogP contribution in [0.1, 0.15) is 34.1 Å². The van der Waals surface area contributed by atoms with E-state index in [0.29, 0.717) is 19.5 Å². The van der Waals surface area contributed by atoms with Crippen molar-refractivity contribution < 1.29 is 19.5 Å². The summed E-state index contributed by atoms with van der Waals surface area (Å²) in [5.41, 5.74) is -0.413. The molecular weight excluding hydrogens is 414 g/mol. The third-order valence-corrected chi connectivity index (χ3v) is 8.93. The average molecular weight is 448 g/mol. The fourth-order valence-electron chi connectivity index (χ4n) is 5.61. The lowest BCUT2D eigenvalue weighted by Crippen LogP contribution is -2.59. The number of carbonyl (C=O) groups is 3. The molecule has 0 aliphatic carbocycles. The number of aliphatic hydroxyl groups is 1. The number of nitrogens with zero attached hydrogens (tertiary/aromatic N) is 3. The topological polar surface area (TPSA) is 81.2 Å². The zero-order valence-electron chi connectivity index (χ0n) is 18.9.